The van der Waals surface area contributed by atoms with Gasteiger partial charge in [-0.25, -0.2) is 0 Å². The van der Waals surface area contributed by atoms with Crippen molar-refractivity contribution >= 4 is 11.8 Å². The zero-order valence-electron chi connectivity index (χ0n) is 8.33. The Bertz CT molecular complexity index is 247. The molecule has 1 aliphatic carbocycles. The summed E-state index contributed by atoms with van der Waals surface area (Å²) >= 11 is 0. The topological polar surface area (TPSA) is 43.4 Å². The molecule has 3 heteroatoms. The van der Waals surface area contributed by atoms with Crippen LogP contribution < -0.4 is 0 Å². The van der Waals surface area contributed by atoms with Crippen LogP contribution in [-0.2, 0) is 14.3 Å². The standard InChI is InChI=1S/C11H16O3/c12-10-4-2-1-3-8(10)7-9-5-6-11(13)14-9/h8-9H,1-7H2. The van der Waals surface area contributed by atoms with Crippen molar-refractivity contribution in [2.45, 2.75) is 51.0 Å². The molecule has 0 aromatic carbocycles. The lowest BCUT2D eigenvalue weighted by molar-refractivity contribution is -0.143. The molecule has 78 valence electrons. The first-order valence-electron chi connectivity index (χ1n) is 5.48. The lowest BCUT2D eigenvalue weighted by atomic mass is 9.84. The van der Waals surface area contributed by atoms with E-state index in [2.05, 4.69) is 0 Å². The average molecular weight is 196 g/mol. The van der Waals surface area contributed by atoms with Gasteiger partial charge in [-0.15, -0.1) is 0 Å². The van der Waals surface area contributed by atoms with Gasteiger partial charge in [-0.05, 0) is 25.7 Å². The van der Waals surface area contributed by atoms with Crippen LogP contribution in [0.15, 0.2) is 0 Å². The summed E-state index contributed by atoms with van der Waals surface area (Å²) in [5.74, 6) is 0.442. The van der Waals surface area contributed by atoms with E-state index in [1.807, 2.05) is 0 Å². The number of Topliss-reactive ketones (excluding diaryl/α,β-unsaturated/α-hetero) is 1. The van der Waals surface area contributed by atoms with Crippen LogP contribution in [0.25, 0.3) is 0 Å². The van der Waals surface area contributed by atoms with E-state index in [4.69, 9.17) is 4.74 Å². The zero-order chi connectivity index (χ0) is 9.97. The molecule has 0 bridgehead atoms. The summed E-state index contributed by atoms with van der Waals surface area (Å²) < 4.78 is 5.12. The third-order valence-corrected chi connectivity index (χ3v) is 3.20. The van der Waals surface area contributed by atoms with Crippen molar-refractivity contribution in [1.29, 1.82) is 0 Å². The highest BCUT2D eigenvalue weighted by molar-refractivity contribution is 5.81. The highest BCUT2D eigenvalue weighted by atomic mass is 16.5. The van der Waals surface area contributed by atoms with Crippen molar-refractivity contribution < 1.29 is 14.3 Å². The molecule has 0 radical (unpaired) electrons. The molecule has 2 unspecified atom stereocenters. The van der Waals surface area contributed by atoms with Crippen molar-refractivity contribution in [3.05, 3.63) is 0 Å². The van der Waals surface area contributed by atoms with E-state index in [0.717, 1.165) is 38.5 Å². The number of ketones is 1. The molecule has 0 spiro atoms. The minimum absolute atomic E-state index is 0.0227. The van der Waals surface area contributed by atoms with Gasteiger partial charge in [0.25, 0.3) is 0 Å². The first kappa shape index (κ1) is 9.69. The van der Waals surface area contributed by atoms with Crippen LogP contribution in [0, 0.1) is 5.92 Å². The summed E-state index contributed by atoms with van der Waals surface area (Å²) in [4.78, 5) is 22.4. The molecule has 14 heavy (non-hydrogen) atoms. The molecule has 1 saturated carbocycles. The van der Waals surface area contributed by atoms with Gasteiger partial charge in [-0.2, -0.15) is 0 Å². The molecule has 1 aliphatic heterocycles. The maximum Gasteiger partial charge on any atom is 0.306 e. The second-order valence-electron chi connectivity index (χ2n) is 4.30. The van der Waals surface area contributed by atoms with Crippen LogP contribution in [-0.4, -0.2) is 17.9 Å². The Morgan fingerprint density at radius 1 is 1.14 bits per heavy atom. The van der Waals surface area contributed by atoms with Crippen molar-refractivity contribution in [2.24, 2.45) is 5.92 Å². The Morgan fingerprint density at radius 3 is 2.64 bits per heavy atom. The molecular weight excluding hydrogens is 180 g/mol. The number of rotatable bonds is 2. The monoisotopic (exact) mass is 196 g/mol. The van der Waals surface area contributed by atoms with Gasteiger partial charge in [0.15, 0.2) is 0 Å². The molecule has 1 saturated heterocycles. The molecule has 2 fully saturated rings. The smallest absolute Gasteiger partial charge is 0.306 e. The summed E-state index contributed by atoms with van der Waals surface area (Å²) in [6.45, 7) is 0. The number of carbonyl (C=O) groups is 2. The molecule has 0 aromatic rings. The number of ether oxygens (including phenoxy) is 1. The van der Waals surface area contributed by atoms with E-state index in [1.165, 1.54) is 0 Å². The number of cyclic esters (lactones) is 1. The highest BCUT2D eigenvalue weighted by Gasteiger charge is 2.30. The van der Waals surface area contributed by atoms with Crippen molar-refractivity contribution in [1.82, 2.24) is 0 Å². The van der Waals surface area contributed by atoms with Gasteiger partial charge in [0.1, 0.15) is 11.9 Å². The largest absolute Gasteiger partial charge is 0.462 e. The quantitative estimate of drug-likeness (QED) is 0.633. The molecule has 1 heterocycles. The fourth-order valence-electron chi connectivity index (χ4n) is 2.37. The second kappa shape index (κ2) is 4.11. The van der Waals surface area contributed by atoms with Crippen LogP contribution in [0.3, 0.4) is 0 Å². The third-order valence-electron chi connectivity index (χ3n) is 3.20. The molecule has 0 amide bonds. The highest BCUT2D eigenvalue weighted by Crippen LogP contribution is 2.28. The lowest BCUT2D eigenvalue weighted by Crippen LogP contribution is -2.24. The first-order valence-corrected chi connectivity index (χ1v) is 5.48. The Morgan fingerprint density at radius 2 is 2.00 bits per heavy atom. The van der Waals surface area contributed by atoms with E-state index in [9.17, 15) is 9.59 Å². The zero-order valence-corrected chi connectivity index (χ0v) is 8.33. The number of hydrogen-bond donors (Lipinski definition) is 0. The average Bonchev–Trinajstić information content (AvgIpc) is 2.56. The maximum absolute atomic E-state index is 11.5. The second-order valence-corrected chi connectivity index (χ2v) is 4.30. The molecule has 2 aliphatic rings. The summed E-state index contributed by atoms with van der Waals surface area (Å²) in [5, 5.41) is 0. The number of hydrogen-bond acceptors (Lipinski definition) is 3. The van der Waals surface area contributed by atoms with Crippen molar-refractivity contribution in [3.8, 4) is 0 Å². The number of esters is 1. The Hall–Kier alpha value is -0.860. The van der Waals surface area contributed by atoms with E-state index < -0.39 is 0 Å². The van der Waals surface area contributed by atoms with Crippen LogP contribution in [0.2, 0.25) is 0 Å². The van der Waals surface area contributed by atoms with E-state index in [0.29, 0.717) is 12.2 Å². The summed E-state index contributed by atoms with van der Waals surface area (Å²) in [6.07, 6.45) is 6.04. The predicted octanol–water partition coefficient (Wildman–Crippen LogP) is 1.84. The Balaban J connectivity index is 1.84. The lowest BCUT2D eigenvalue weighted by Gasteiger charge is -2.22. The van der Waals surface area contributed by atoms with Crippen molar-refractivity contribution in [2.75, 3.05) is 0 Å². The minimum Gasteiger partial charge on any atom is -0.462 e. The van der Waals surface area contributed by atoms with E-state index in [-0.39, 0.29) is 18.0 Å². The van der Waals surface area contributed by atoms with E-state index in [1.54, 1.807) is 0 Å². The molecule has 2 atom stereocenters. The third kappa shape index (κ3) is 2.14. The molecular formula is C11H16O3. The van der Waals surface area contributed by atoms with E-state index >= 15 is 0 Å². The maximum atomic E-state index is 11.5. The summed E-state index contributed by atoms with van der Waals surface area (Å²) in [6, 6.07) is 0. The summed E-state index contributed by atoms with van der Waals surface area (Å²) in [5.41, 5.74) is 0. The SMILES string of the molecule is O=C1CCC(CC2CCCCC2=O)O1. The molecule has 3 nitrogen and oxygen atoms in total. The fraction of sp³-hybridized carbons (Fsp3) is 0.818. The van der Waals surface area contributed by atoms with Gasteiger partial charge in [-0.3, -0.25) is 9.59 Å². The number of carbonyl (C=O) groups excluding carboxylic acids is 2. The molecule has 0 N–H and O–H groups in total. The van der Waals surface area contributed by atoms with Gasteiger partial charge >= 0.3 is 5.97 Å². The first-order chi connectivity index (χ1) is 6.75. The Kier molecular flexibility index (Phi) is 2.85. The van der Waals surface area contributed by atoms with Crippen LogP contribution in [0.1, 0.15) is 44.9 Å². The predicted molar refractivity (Wildman–Crippen MR) is 50.7 cm³/mol. The van der Waals surface area contributed by atoms with Gasteiger partial charge < -0.3 is 4.74 Å². The fourth-order valence-corrected chi connectivity index (χ4v) is 2.37. The normalized spacial score (nSPS) is 33.1. The molecule has 0 aromatic heterocycles. The van der Waals surface area contributed by atoms with Gasteiger partial charge in [0.2, 0.25) is 0 Å². The Labute approximate surface area is 83.8 Å². The van der Waals surface area contributed by atoms with Gasteiger partial charge in [0.05, 0.1) is 0 Å². The van der Waals surface area contributed by atoms with Crippen LogP contribution in [0.4, 0.5) is 0 Å². The van der Waals surface area contributed by atoms with Gasteiger partial charge in [-0.1, -0.05) is 6.42 Å². The van der Waals surface area contributed by atoms with Gasteiger partial charge in [0, 0.05) is 18.8 Å². The molecule has 2 rings (SSSR count). The minimum atomic E-state index is -0.0988. The van der Waals surface area contributed by atoms with Crippen LogP contribution in [0.5, 0.6) is 0 Å². The van der Waals surface area contributed by atoms with Crippen LogP contribution >= 0.6 is 0 Å². The summed E-state index contributed by atoms with van der Waals surface area (Å²) in [7, 11) is 0. The van der Waals surface area contributed by atoms with Crippen molar-refractivity contribution in [3.63, 3.8) is 0 Å².